The fourth-order valence-electron chi connectivity index (χ4n) is 5.87. The van der Waals surface area contributed by atoms with Gasteiger partial charge >= 0.3 is 127 Å². The Labute approximate surface area is 519 Å². The van der Waals surface area contributed by atoms with Crippen molar-refractivity contribution in [1.82, 2.24) is 19.2 Å². The third kappa shape index (κ3) is 17.0. The fraction of sp³-hybridized carbons (Fsp3) is 0.613. The van der Waals surface area contributed by atoms with Crippen molar-refractivity contribution in [2.24, 2.45) is 9.98 Å². The molecule has 4 aliphatic heterocycles. The molecule has 2 amide bonds. The normalized spacial score (nSPS) is 24.3. The number of thiophene rings is 2. The molecular formula is C31H43BrCl3I2K3N6O12S5. The van der Waals surface area contributed by atoms with Crippen LogP contribution in [0.15, 0.2) is 31.3 Å². The summed E-state index contributed by atoms with van der Waals surface area (Å²) in [4.78, 5) is 34.7. The maximum atomic E-state index is 13.0. The number of carbonyl (C=O) groups excluding carboxylic acids is 2. The Balaban J connectivity index is 0.00000102. The second-order valence-corrected chi connectivity index (χ2v) is 27.6. The number of sulfonamides is 2. The molecular weight excluding hydrogens is 1370 g/mol. The standard InChI is InChI=1S/C15H19BrClN3O5S2.C15H20ClN3O5S2.CH2ClIO2S.HI.3K.H/c1-14(2,3)25-13(21)18-12-19-15(10-8(17)7-9(16)26-10)5-6-24-11(15)27(22,23)20(12)4;1-14(2,3)24-13(20)17-12-18-15(10-9(16)5-8-25-10)6-7-23-11(15)26(21,22)19(12)4;2-6(4,5)1-3;;;;;/h7,11H,5-6H2,1-4H3,(H,18,19,21);5,8,11H,6-7H2,1-4H3,(H,17,18,20);1H2;1H;;;;/q;;;;;;+1;-1/t2*11?,15-;;;;;;/m11....../s1. The summed E-state index contributed by atoms with van der Waals surface area (Å²) in [7, 11) is -3.77. The van der Waals surface area contributed by atoms with E-state index < -0.39 is 74.4 Å². The zero-order valence-corrected chi connectivity index (χ0v) is 57.7. The van der Waals surface area contributed by atoms with Crippen LogP contribution in [0.3, 0.4) is 0 Å². The van der Waals surface area contributed by atoms with Crippen LogP contribution in [0.5, 0.6) is 0 Å². The summed E-state index contributed by atoms with van der Waals surface area (Å²) in [5.74, 6) is -0.253. The zero-order chi connectivity index (χ0) is 46.7. The number of ether oxygens (including phenoxy) is 4. The SMILES string of the molecule is CN1C(NC(=O)OC(C)(C)C)=N[C@@]2(c3sc(Br)cc3Cl)CCOC2S1(=O)=O.CN1C(NC(=O)OC(C)(C)C)=N[C@@]2(c3sccc3Cl)CCOC2S1(=O)=O.I.O=S(=O)(Cl)CI.[H-].[K+].[K][K]. The first-order chi connectivity index (χ1) is 27.9. The Bertz CT molecular complexity index is 2370. The van der Waals surface area contributed by atoms with E-state index in [1.165, 1.54) is 99.9 Å². The van der Waals surface area contributed by atoms with E-state index in [-0.39, 0.29) is 106 Å². The molecule has 0 radical (unpaired) electrons. The minimum absolute atomic E-state index is 0. The molecule has 2 unspecified atom stereocenters. The molecule has 32 heteroatoms. The maximum absolute atomic E-state index is 13.0. The summed E-state index contributed by atoms with van der Waals surface area (Å²) in [6, 6.07) is 3.38. The molecule has 18 nitrogen and oxygen atoms in total. The summed E-state index contributed by atoms with van der Waals surface area (Å²) >= 11 is 22.8. The molecule has 0 spiro atoms. The quantitative estimate of drug-likeness (QED) is 0.194. The molecule has 0 aliphatic carbocycles. The van der Waals surface area contributed by atoms with E-state index >= 15 is 0 Å². The van der Waals surface area contributed by atoms with Gasteiger partial charge in [-0.1, -0.05) is 45.8 Å². The van der Waals surface area contributed by atoms with Crippen LogP contribution in [0.2, 0.25) is 10.0 Å². The number of hydrogen-bond acceptors (Lipinski definition) is 16. The van der Waals surface area contributed by atoms with Gasteiger partial charge in [-0.25, -0.2) is 53.4 Å². The van der Waals surface area contributed by atoms with Crippen LogP contribution in [0.25, 0.3) is 0 Å². The monoisotopic (exact) mass is 1410 g/mol. The van der Waals surface area contributed by atoms with Crippen molar-refractivity contribution in [3.8, 4) is 0 Å². The first kappa shape index (κ1) is 65.4. The Hall–Kier alpha value is 4.37. The molecule has 63 heavy (non-hydrogen) atoms. The Morgan fingerprint density at radius 3 is 1.60 bits per heavy atom. The third-order valence-electron chi connectivity index (χ3n) is 8.21. The first-order valence-corrected chi connectivity index (χ1v) is 44.2. The van der Waals surface area contributed by atoms with Gasteiger partial charge in [0, 0.05) is 37.6 Å². The number of guanidine groups is 2. The Kier molecular flexibility index (Phi) is 27.5. The minimum atomic E-state index is -3.95. The van der Waals surface area contributed by atoms with E-state index in [9.17, 15) is 34.8 Å². The number of alkyl carbamates (subject to hydrolysis) is 2. The molecule has 344 valence electrons. The number of alkyl halides is 1. The molecule has 2 aromatic rings. The van der Waals surface area contributed by atoms with Crippen LogP contribution in [0.1, 0.15) is 65.6 Å². The molecule has 4 aliphatic rings. The van der Waals surface area contributed by atoms with Gasteiger partial charge in [-0.3, -0.25) is 10.6 Å². The summed E-state index contributed by atoms with van der Waals surface area (Å²) in [6.45, 7) is 10.7. The predicted molar refractivity (Wildman–Crippen MR) is 267 cm³/mol. The van der Waals surface area contributed by atoms with Crippen LogP contribution >= 0.6 is 119 Å². The number of fused-ring (bicyclic) bond motifs is 2. The average molecular weight is 1410 g/mol. The van der Waals surface area contributed by atoms with Gasteiger partial charge in [-0.2, -0.15) is 0 Å². The topological polar surface area (TPSA) is 229 Å². The Morgan fingerprint density at radius 1 is 0.921 bits per heavy atom. The molecule has 0 saturated carbocycles. The van der Waals surface area contributed by atoms with Crippen molar-refractivity contribution in [3.63, 3.8) is 0 Å². The third-order valence-corrected chi connectivity index (χ3v) is 20.1. The van der Waals surface area contributed by atoms with Crippen LogP contribution in [0.4, 0.5) is 9.59 Å². The van der Waals surface area contributed by atoms with Gasteiger partial charge in [0.25, 0.3) is 20.0 Å². The number of carbonyl (C=O) groups is 2. The van der Waals surface area contributed by atoms with Gasteiger partial charge in [0.05, 0.1) is 36.8 Å². The summed E-state index contributed by atoms with van der Waals surface area (Å²) in [6.07, 6.45) is -0.932. The number of amides is 2. The fourth-order valence-corrected chi connectivity index (χ4v) is 13.0. The number of nitrogens with one attached hydrogen (secondary N) is 2. The summed E-state index contributed by atoms with van der Waals surface area (Å²) in [5.41, 5.74) is -6.31. The number of rotatable bonds is 3. The predicted octanol–water partition coefficient (Wildman–Crippen LogP) is 3.68. The zero-order valence-electron chi connectivity index (χ0n) is 36.9. The van der Waals surface area contributed by atoms with Crippen LogP contribution in [-0.2, 0) is 59.1 Å². The van der Waals surface area contributed by atoms with Crippen molar-refractivity contribution < 1.29 is 107 Å². The van der Waals surface area contributed by atoms with Gasteiger partial charge in [0.2, 0.25) is 31.8 Å². The molecule has 2 saturated heterocycles. The van der Waals surface area contributed by atoms with Crippen LogP contribution in [0, 0.1) is 0 Å². The number of aliphatic imine (C=N–C) groups is 2. The molecule has 4 atom stereocenters. The van der Waals surface area contributed by atoms with Crippen molar-refractivity contribution in [2.75, 3.05) is 31.1 Å². The van der Waals surface area contributed by atoms with Crippen molar-refractivity contribution >= 4 is 235 Å². The molecule has 2 fully saturated rings. The molecule has 6 heterocycles. The Morgan fingerprint density at radius 2 is 1.30 bits per heavy atom. The second kappa shape index (κ2) is 26.5. The molecule has 6 rings (SSSR count). The summed E-state index contributed by atoms with van der Waals surface area (Å²) in [5, 5.41) is 7.47. The molecule has 2 aromatic heterocycles. The van der Waals surface area contributed by atoms with Crippen LogP contribution < -0.4 is 62.0 Å². The number of nitrogens with zero attached hydrogens (tertiary/aromatic N) is 4. The van der Waals surface area contributed by atoms with Gasteiger partial charge in [0.15, 0.2) is 0 Å². The van der Waals surface area contributed by atoms with Crippen LogP contribution in [-0.4, -0.2) is 174 Å². The van der Waals surface area contributed by atoms with Crippen molar-refractivity contribution in [1.29, 1.82) is 0 Å². The number of hydrogen-bond donors (Lipinski definition) is 2. The average Bonchev–Trinajstić information content (AvgIpc) is 3.93. The van der Waals surface area contributed by atoms with Crippen molar-refractivity contribution in [2.45, 2.75) is 87.5 Å². The van der Waals surface area contributed by atoms with Gasteiger partial charge in [-0.15, -0.1) is 46.7 Å². The second-order valence-electron chi connectivity index (χ2n) is 14.9. The van der Waals surface area contributed by atoms with Crippen molar-refractivity contribution in [3.05, 3.63) is 41.1 Å². The van der Waals surface area contributed by atoms with E-state index in [0.29, 0.717) is 32.6 Å². The van der Waals surface area contributed by atoms with E-state index in [4.69, 9.17) is 42.1 Å². The molecule has 2 N–H and O–H groups in total. The van der Waals surface area contributed by atoms with Gasteiger partial charge in [-0.05, 0) is 75.0 Å². The van der Waals surface area contributed by atoms with E-state index in [1.807, 2.05) is 0 Å². The molecule has 0 bridgehead atoms. The summed E-state index contributed by atoms with van der Waals surface area (Å²) < 4.78 is 95.6. The first-order valence-electron chi connectivity index (χ1n) is 18.0. The van der Waals surface area contributed by atoms with Gasteiger partial charge < -0.3 is 20.4 Å². The number of halogens is 6. The van der Waals surface area contributed by atoms with E-state index in [1.54, 1.807) is 81.6 Å². The van der Waals surface area contributed by atoms with Gasteiger partial charge in [0.1, 0.15) is 26.0 Å². The molecule has 0 aromatic carbocycles. The van der Waals surface area contributed by atoms with E-state index in [2.05, 4.69) is 47.2 Å². The van der Waals surface area contributed by atoms with E-state index in [0.717, 1.165) is 12.4 Å².